The smallest absolute Gasteiger partial charge is 0.310 e. The number of ether oxygens (including phenoxy) is 1. The summed E-state index contributed by atoms with van der Waals surface area (Å²) in [7, 11) is 0. The van der Waals surface area contributed by atoms with Gasteiger partial charge in [-0.25, -0.2) is 0 Å². The van der Waals surface area contributed by atoms with Crippen LogP contribution in [0.25, 0.3) is 0 Å². The molecule has 0 heterocycles. The van der Waals surface area contributed by atoms with Gasteiger partial charge in [0.1, 0.15) is 6.10 Å². The van der Waals surface area contributed by atoms with Crippen LogP contribution in [0.3, 0.4) is 0 Å². The third-order valence-electron chi connectivity index (χ3n) is 13.3. The maximum absolute atomic E-state index is 12.8. The Balaban J connectivity index is 1.55. The zero-order valence-electron chi connectivity index (χ0n) is 24.1. The highest BCUT2D eigenvalue weighted by Crippen LogP contribution is 2.75. The van der Waals surface area contributed by atoms with E-state index in [1.165, 1.54) is 12.0 Å². The standard InChI is InChI=1S/C32H50O4/c1-20(33)36-25-12-13-29(6)23(28(25,4)5)11-14-31(8)24(29)10-9-21-22-19-27(2,3)15-17-32(22,26(34)35)18-16-30(21,31)7/h9,22-25H,10-19H2,1-8H3,(H,34,35)/t22-,23-,24?,25-,29?,30+,31?,32-/m0/s1. The monoisotopic (exact) mass is 498 g/mol. The van der Waals surface area contributed by atoms with Gasteiger partial charge >= 0.3 is 11.9 Å². The first-order chi connectivity index (χ1) is 16.5. The van der Waals surface area contributed by atoms with Crippen LogP contribution in [-0.4, -0.2) is 23.1 Å². The molecule has 4 fully saturated rings. The van der Waals surface area contributed by atoms with E-state index in [4.69, 9.17) is 4.74 Å². The van der Waals surface area contributed by atoms with E-state index < -0.39 is 11.4 Å². The molecule has 0 aromatic heterocycles. The summed E-state index contributed by atoms with van der Waals surface area (Å²) in [6.07, 6.45) is 12.6. The van der Waals surface area contributed by atoms with Crippen LogP contribution in [0.4, 0.5) is 0 Å². The lowest BCUT2D eigenvalue weighted by Gasteiger charge is -2.71. The molecular formula is C32H50O4. The third-order valence-corrected chi connectivity index (χ3v) is 13.3. The molecule has 0 saturated heterocycles. The van der Waals surface area contributed by atoms with Gasteiger partial charge in [0.2, 0.25) is 0 Å². The molecule has 4 saturated carbocycles. The normalized spacial score (nSPS) is 48.8. The molecule has 4 heteroatoms. The maximum atomic E-state index is 12.8. The Hall–Kier alpha value is -1.32. The lowest BCUT2D eigenvalue weighted by Crippen LogP contribution is -2.65. The Kier molecular flexibility index (Phi) is 5.74. The van der Waals surface area contributed by atoms with Crippen molar-refractivity contribution < 1.29 is 19.4 Å². The molecule has 1 N–H and O–H groups in total. The SMILES string of the molecule is CC(=O)O[C@H]1CCC2(C)C3CC=C4[C@@H]5CC(C)(C)CC[C@]5(C(=O)O)CC[C@@]4(C)C3(C)CC[C@H]2C1(C)C. The number of carbonyl (C=O) groups is 2. The lowest BCUT2D eigenvalue weighted by atomic mass is 9.33. The second-order valence-corrected chi connectivity index (χ2v) is 15.6. The number of fused-ring (bicyclic) bond motifs is 7. The Bertz CT molecular complexity index is 992. The molecular weight excluding hydrogens is 448 g/mol. The van der Waals surface area contributed by atoms with Crippen LogP contribution in [0, 0.1) is 50.2 Å². The van der Waals surface area contributed by atoms with Crippen molar-refractivity contribution in [2.45, 2.75) is 126 Å². The number of hydrogen-bond donors (Lipinski definition) is 1. The summed E-state index contributed by atoms with van der Waals surface area (Å²) in [6.45, 7) is 18.5. The van der Waals surface area contributed by atoms with Gasteiger partial charge in [0.05, 0.1) is 5.41 Å². The Morgan fingerprint density at radius 3 is 2.19 bits per heavy atom. The van der Waals surface area contributed by atoms with Gasteiger partial charge in [0.25, 0.3) is 0 Å². The molecule has 202 valence electrons. The highest BCUT2D eigenvalue weighted by atomic mass is 16.5. The summed E-state index contributed by atoms with van der Waals surface area (Å²) in [5.74, 6) is 0.546. The number of allylic oxidation sites excluding steroid dienone is 2. The number of esters is 1. The minimum absolute atomic E-state index is 0.00181. The summed E-state index contributed by atoms with van der Waals surface area (Å²) < 4.78 is 5.87. The number of carboxylic acid groups (broad SMARTS) is 1. The van der Waals surface area contributed by atoms with Crippen LogP contribution in [0.15, 0.2) is 11.6 Å². The summed E-state index contributed by atoms with van der Waals surface area (Å²) in [5.41, 5.74) is 1.50. The predicted molar refractivity (Wildman–Crippen MR) is 142 cm³/mol. The van der Waals surface area contributed by atoms with Crippen LogP contribution in [0.2, 0.25) is 0 Å². The average molecular weight is 499 g/mol. The van der Waals surface area contributed by atoms with Gasteiger partial charge in [-0.1, -0.05) is 60.1 Å². The summed E-state index contributed by atoms with van der Waals surface area (Å²) in [4.78, 5) is 24.7. The van der Waals surface area contributed by atoms with Crippen LogP contribution in [-0.2, 0) is 14.3 Å². The van der Waals surface area contributed by atoms with Crippen molar-refractivity contribution in [1.82, 2.24) is 0 Å². The molecule has 0 radical (unpaired) electrons. The highest BCUT2D eigenvalue weighted by molar-refractivity contribution is 5.76. The van der Waals surface area contributed by atoms with E-state index in [1.54, 1.807) is 6.92 Å². The maximum Gasteiger partial charge on any atom is 0.310 e. The first kappa shape index (κ1) is 26.3. The number of hydrogen-bond acceptors (Lipinski definition) is 3. The van der Waals surface area contributed by atoms with Gasteiger partial charge in [0.15, 0.2) is 0 Å². The van der Waals surface area contributed by atoms with Gasteiger partial charge in [-0.2, -0.15) is 0 Å². The van der Waals surface area contributed by atoms with Crippen molar-refractivity contribution in [3.63, 3.8) is 0 Å². The van der Waals surface area contributed by atoms with Gasteiger partial charge in [-0.3, -0.25) is 9.59 Å². The first-order valence-corrected chi connectivity index (χ1v) is 14.6. The zero-order chi connectivity index (χ0) is 26.5. The van der Waals surface area contributed by atoms with E-state index in [-0.39, 0.29) is 45.1 Å². The summed E-state index contributed by atoms with van der Waals surface area (Å²) >= 11 is 0. The van der Waals surface area contributed by atoms with Crippen molar-refractivity contribution in [2.24, 2.45) is 50.2 Å². The molecule has 3 unspecified atom stereocenters. The Morgan fingerprint density at radius 1 is 0.889 bits per heavy atom. The molecule has 0 spiro atoms. The molecule has 0 aromatic carbocycles. The van der Waals surface area contributed by atoms with Gasteiger partial charge in [-0.15, -0.1) is 0 Å². The second-order valence-electron chi connectivity index (χ2n) is 15.6. The molecule has 0 bridgehead atoms. The molecule has 0 aromatic rings. The third kappa shape index (κ3) is 3.30. The fraction of sp³-hybridized carbons (Fsp3) is 0.875. The van der Waals surface area contributed by atoms with Crippen molar-refractivity contribution in [3.8, 4) is 0 Å². The molecule has 5 rings (SSSR count). The van der Waals surface area contributed by atoms with Gasteiger partial charge in [0, 0.05) is 12.3 Å². The Morgan fingerprint density at radius 2 is 1.56 bits per heavy atom. The topological polar surface area (TPSA) is 63.6 Å². The summed E-state index contributed by atoms with van der Waals surface area (Å²) in [5, 5.41) is 10.5. The molecule has 4 nitrogen and oxygen atoms in total. The molecule has 5 aliphatic rings. The first-order valence-electron chi connectivity index (χ1n) is 14.6. The number of carboxylic acids is 1. The van der Waals surface area contributed by atoms with E-state index in [0.29, 0.717) is 11.8 Å². The van der Waals surface area contributed by atoms with E-state index >= 15 is 0 Å². The van der Waals surface area contributed by atoms with Crippen molar-refractivity contribution in [1.29, 1.82) is 0 Å². The largest absolute Gasteiger partial charge is 0.481 e. The van der Waals surface area contributed by atoms with Crippen molar-refractivity contribution in [2.75, 3.05) is 0 Å². The lowest BCUT2D eigenvalue weighted by molar-refractivity contribution is -0.213. The van der Waals surface area contributed by atoms with Crippen LogP contribution >= 0.6 is 0 Å². The Labute approximate surface area is 219 Å². The van der Waals surface area contributed by atoms with E-state index in [2.05, 4.69) is 54.5 Å². The minimum Gasteiger partial charge on any atom is -0.481 e. The fourth-order valence-electron chi connectivity index (χ4n) is 11.0. The number of aliphatic carboxylic acids is 1. The molecule has 36 heavy (non-hydrogen) atoms. The predicted octanol–water partition coefficient (Wildman–Crippen LogP) is 7.80. The fourth-order valence-corrected chi connectivity index (χ4v) is 11.0. The zero-order valence-corrected chi connectivity index (χ0v) is 24.1. The van der Waals surface area contributed by atoms with Crippen LogP contribution in [0.1, 0.15) is 120 Å². The van der Waals surface area contributed by atoms with Gasteiger partial charge < -0.3 is 9.84 Å². The number of carbonyl (C=O) groups excluding carboxylic acids is 1. The van der Waals surface area contributed by atoms with Crippen LogP contribution < -0.4 is 0 Å². The van der Waals surface area contributed by atoms with Crippen LogP contribution in [0.5, 0.6) is 0 Å². The van der Waals surface area contributed by atoms with Gasteiger partial charge in [-0.05, 0) is 104 Å². The highest BCUT2D eigenvalue weighted by Gasteiger charge is 2.69. The molecule has 5 aliphatic carbocycles. The molecule has 0 aliphatic heterocycles. The average Bonchev–Trinajstić information content (AvgIpc) is 2.75. The van der Waals surface area contributed by atoms with Crippen molar-refractivity contribution in [3.05, 3.63) is 11.6 Å². The molecule has 8 atom stereocenters. The number of rotatable bonds is 2. The summed E-state index contributed by atoms with van der Waals surface area (Å²) in [6, 6.07) is 0. The van der Waals surface area contributed by atoms with E-state index in [9.17, 15) is 14.7 Å². The molecule has 0 amide bonds. The second kappa shape index (κ2) is 7.85. The van der Waals surface area contributed by atoms with E-state index in [1.807, 2.05) is 0 Å². The van der Waals surface area contributed by atoms with E-state index in [0.717, 1.165) is 57.8 Å². The quantitative estimate of drug-likeness (QED) is 0.311. The van der Waals surface area contributed by atoms with Crippen molar-refractivity contribution >= 4 is 11.9 Å². The minimum atomic E-state index is -0.574.